The van der Waals surface area contributed by atoms with Crippen LogP contribution in [0.3, 0.4) is 0 Å². The van der Waals surface area contributed by atoms with Crippen molar-refractivity contribution in [3.8, 4) is 5.75 Å². The highest BCUT2D eigenvalue weighted by molar-refractivity contribution is 5.92. The molecule has 0 aromatic heterocycles. The lowest BCUT2D eigenvalue weighted by atomic mass is 10.2. The van der Waals surface area contributed by atoms with E-state index in [1.807, 2.05) is 0 Å². The highest BCUT2D eigenvalue weighted by Gasteiger charge is 2.21. The zero-order valence-electron chi connectivity index (χ0n) is 12.7. The van der Waals surface area contributed by atoms with E-state index in [-0.39, 0.29) is 24.3 Å². The van der Waals surface area contributed by atoms with Crippen molar-refractivity contribution in [3.05, 3.63) is 24.0 Å². The average Bonchev–Trinajstić information content (AvgIpc) is 3.16. The van der Waals surface area contributed by atoms with Crippen molar-refractivity contribution in [2.24, 2.45) is 5.92 Å². The van der Waals surface area contributed by atoms with Crippen LogP contribution in [-0.4, -0.2) is 25.1 Å². The fourth-order valence-corrected chi connectivity index (χ4v) is 2.78. The zero-order chi connectivity index (χ0) is 15.4. The Labute approximate surface area is 130 Å². The molecular weight excluding hydrogens is 283 g/mol. The summed E-state index contributed by atoms with van der Waals surface area (Å²) in [5.74, 6) is 0.439. The first-order valence-electron chi connectivity index (χ1n) is 8.17. The molecule has 2 fully saturated rings. The minimum atomic E-state index is -0.421. The Bertz CT molecular complexity index is 525. The Balaban J connectivity index is 1.48. The number of nitrogens with one attached hydrogen (secondary N) is 2. The van der Waals surface area contributed by atoms with Gasteiger partial charge in [0.25, 0.3) is 0 Å². The van der Waals surface area contributed by atoms with Gasteiger partial charge >= 0.3 is 0 Å². The average molecular weight is 306 g/mol. The summed E-state index contributed by atoms with van der Waals surface area (Å²) in [5.41, 5.74) is 0.467. The van der Waals surface area contributed by atoms with Crippen LogP contribution in [0.15, 0.2) is 18.2 Å². The van der Waals surface area contributed by atoms with Crippen LogP contribution in [0.5, 0.6) is 5.75 Å². The molecule has 22 heavy (non-hydrogen) atoms. The molecule has 0 radical (unpaired) electrons. The van der Waals surface area contributed by atoms with Gasteiger partial charge in [-0.15, -0.1) is 0 Å². The second-order valence-electron chi connectivity index (χ2n) is 6.29. The Morgan fingerprint density at radius 2 is 2.00 bits per heavy atom. The molecule has 1 aromatic rings. The molecule has 4 nitrogen and oxygen atoms in total. The van der Waals surface area contributed by atoms with Gasteiger partial charge in [0.15, 0.2) is 11.6 Å². The van der Waals surface area contributed by atoms with Crippen molar-refractivity contribution in [1.29, 1.82) is 0 Å². The van der Waals surface area contributed by atoms with E-state index in [0.717, 1.165) is 38.1 Å². The van der Waals surface area contributed by atoms with Gasteiger partial charge in [0.2, 0.25) is 5.91 Å². The van der Waals surface area contributed by atoms with Gasteiger partial charge in [-0.25, -0.2) is 4.39 Å². The molecule has 0 aliphatic heterocycles. The molecule has 0 spiro atoms. The molecule has 1 amide bonds. The van der Waals surface area contributed by atoms with Crippen molar-refractivity contribution >= 4 is 11.6 Å². The van der Waals surface area contributed by atoms with E-state index in [9.17, 15) is 9.18 Å². The molecule has 1 aromatic carbocycles. The van der Waals surface area contributed by atoms with Crippen LogP contribution < -0.4 is 15.4 Å². The van der Waals surface area contributed by atoms with E-state index in [4.69, 9.17) is 4.74 Å². The molecule has 0 bridgehead atoms. The third-order valence-electron chi connectivity index (χ3n) is 4.23. The van der Waals surface area contributed by atoms with Crippen LogP contribution >= 0.6 is 0 Å². The van der Waals surface area contributed by atoms with E-state index in [2.05, 4.69) is 10.6 Å². The molecule has 2 saturated carbocycles. The van der Waals surface area contributed by atoms with Gasteiger partial charge < -0.3 is 15.4 Å². The lowest BCUT2D eigenvalue weighted by molar-refractivity contribution is -0.115. The standard InChI is InChI=1S/C17H23FN2O2/c18-15-9-13(20-17(21)11-19-10-12-5-6-12)7-8-16(15)22-14-3-1-2-4-14/h7-9,12,14,19H,1-6,10-11H2,(H,20,21). The third kappa shape index (κ3) is 4.44. The van der Waals surface area contributed by atoms with Crippen LogP contribution in [0, 0.1) is 11.7 Å². The van der Waals surface area contributed by atoms with Crippen LogP contribution in [-0.2, 0) is 4.79 Å². The molecule has 0 saturated heterocycles. The fourth-order valence-electron chi connectivity index (χ4n) is 2.78. The number of hydrogen-bond acceptors (Lipinski definition) is 3. The number of anilines is 1. The lowest BCUT2D eigenvalue weighted by Gasteiger charge is -2.14. The summed E-state index contributed by atoms with van der Waals surface area (Å²) in [4.78, 5) is 11.8. The van der Waals surface area contributed by atoms with Crippen LogP contribution in [0.1, 0.15) is 38.5 Å². The lowest BCUT2D eigenvalue weighted by Crippen LogP contribution is -2.29. The number of carbonyl (C=O) groups is 1. The van der Waals surface area contributed by atoms with Crippen molar-refractivity contribution in [1.82, 2.24) is 5.32 Å². The number of hydrogen-bond donors (Lipinski definition) is 2. The SMILES string of the molecule is O=C(CNCC1CC1)Nc1ccc(OC2CCCC2)c(F)c1. The molecular formula is C17H23FN2O2. The highest BCUT2D eigenvalue weighted by Crippen LogP contribution is 2.28. The predicted molar refractivity (Wildman–Crippen MR) is 83.5 cm³/mol. The third-order valence-corrected chi connectivity index (χ3v) is 4.23. The molecule has 2 N–H and O–H groups in total. The van der Waals surface area contributed by atoms with Crippen molar-refractivity contribution in [2.75, 3.05) is 18.4 Å². The van der Waals surface area contributed by atoms with Crippen molar-refractivity contribution in [3.63, 3.8) is 0 Å². The number of ether oxygens (including phenoxy) is 1. The zero-order valence-corrected chi connectivity index (χ0v) is 12.7. The van der Waals surface area contributed by atoms with Gasteiger partial charge in [-0.3, -0.25) is 4.79 Å². The quantitative estimate of drug-likeness (QED) is 0.814. The Kier molecular flexibility index (Phi) is 4.93. The smallest absolute Gasteiger partial charge is 0.238 e. The van der Waals surface area contributed by atoms with E-state index in [0.29, 0.717) is 5.69 Å². The van der Waals surface area contributed by atoms with Gasteiger partial charge in [-0.2, -0.15) is 0 Å². The number of rotatable bonds is 7. The maximum atomic E-state index is 14.0. The Morgan fingerprint density at radius 1 is 1.23 bits per heavy atom. The number of carbonyl (C=O) groups excluding carboxylic acids is 1. The summed E-state index contributed by atoms with van der Waals surface area (Å²) in [6.45, 7) is 1.15. The summed E-state index contributed by atoms with van der Waals surface area (Å²) in [5, 5.41) is 5.81. The summed E-state index contributed by atoms with van der Waals surface area (Å²) in [7, 11) is 0. The van der Waals surface area contributed by atoms with Gasteiger partial charge in [-0.1, -0.05) is 0 Å². The maximum absolute atomic E-state index is 14.0. The maximum Gasteiger partial charge on any atom is 0.238 e. The highest BCUT2D eigenvalue weighted by atomic mass is 19.1. The van der Waals surface area contributed by atoms with E-state index in [1.165, 1.54) is 18.9 Å². The number of amides is 1. The van der Waals surface area contributed by atoms with Crippen LogP contribution in [0.2, 0.25) is 0 Å². The normalized spacial score (nSPS) is 18.4. The largest absolute Gasteiger partial charge is 0.487 e. The van der Waals surface area contributed by atoms with Gasteiger partial charge in [0.1, 0.15) is 0 Å². The van der Waals surface area contributed by atoms with Crippen molar-refractivity contribution in [2.45, 2.75) is 44.6 Å². The molecule has 120 valence electrons. The summed E-state index contributed by atoms with van der Waals surface area (Å²) < 4.78 is 19.7. The van der Waals surface area contributed by atoms with Crippen LogP contribution in [0.25, 0.3) is 0 Å². The van der Waals surface area contributed by atoms with E-state index >= 15 is 0 Å². The topological polar surface area (TPSA) is 50.4 Å². The monoisotopic (exact) mass is 306 g/mol. The summed E-state index contributed by atoms with van der Waals surface area (Å²) in [6, 6.07) is 4.61. The second-order valence-corrected chi connectivity index (χ2v) is 6.29. The van der Waals surface area contributed by atoms with Gasteiger partial charge in [-0.05, 0) is 63.1 Å². The Hall–Kier alpha value is -1.62. The van der Waals surface area contributed by atoms with Crippen molar-refractivity contribution < 1.29 is 13.9 Å². The fraction of sp³-hybridized carbons (Fsp3) is 0.588. The molecule has 3 rings (SSSR count). The second kappa shape index (κ2) is 7.09. The first kappa shape index (κ1) is 15.3. The number of halogens is 1. The molecule has 0 atom stereocenters. The number of benzene rings is 1. The summed E-state index contributed by atoms with van der Waals surface area (Å²) in [6.07, 6.45) is 6.91. The van der Waals surface area contributed by atoms with Gasteiger partial charge in [0.05, 0.1) is 12.6 Å². The minimum Gasteiger partial charge on any atom is -0.487 e. The Morgan fingerprint density at radius 3 is 2.68 bits per heavy atom. The minimum absolute atomic E-state index is 0.126. The first-order valence-corrected chi connectivity index (χ1v) is 8.17. The molecule has 2 aliphatic carbocycles. The first-order chi connectivity index (χ1) is 10.7. The van der Waals surface area contributed by atoms with E-state index < -0.39 is 5.82 Å². The predicted octanol–water partition coefficient (Wildman–Crippen LogP) is 3.09. The van der Waals surface area contributed by atoms with E-state index in [1.54, 1.807) is 12.1 Å². The van der Waals surface area contributed by atoms with Crippen LogP contribution in [0.4, 0.5) is 10.1 Å². The summed E-state index contributed by atoms with van der Waals surface area (Å²) >= 11 is 0. The molecule has 0 unspecified atom stereocenters. The molecule has 0 heterocycles. The molecule has 2 aliphatic rings. The molecule has 5 heteroatoms. The van der Waals surface area contributed by atoms with Gasteiger partial charge in [0, 0.05) is 11.8 Å².